The number of nitriles is 1. The maximum atomic E-state index is 12.3. The first kappa shape index (κ1) is 15.8. The molecule has 22 heavy (non-hydrogen) atoms. The van der Waals surface area contributed by atoms with Gasteiger partial charge in [0.15, 0.2) is 0 Å². The van der Waals surface area contributed by atoms with Crippen molar-refractivity contribution < 1.29 is 18.1 Å². The lowest BCUT2D eigenvalue weighted by Gasteiger charge is -2.14. The van der Waals surface area contributed by atoms with Crippen molar-refractivity contribution in [3.8, 4) is 17.6 Å². The Morgan fingerprint density at radius 2 is 1.86 bits per heavy atom. The summed E-state index contributed by atoms with van der Waals surface area (Å²) in [5.41, 5.74) is -0.207. The van der Waals surface area contributed by atoms with Gasteiger partial charge in [0, 0.05) is 5.56 Å². The van der Waals surface area contributed by atoms with E-state index in [1.807, 2.05) is 0 Å². The fourth-order valence-corrected chi connectivity index (χ4v) is 2.57. The van der Waals surface area contributed by atoms with Crippen molar-refractivity contribution in [2.24, 2.45) is 0 Å². The SMILES string of the molecule is Cc1c(C)c(O)n(-c2cccc(S(=O)(=O)O)c2)c(=O)c1C#N. The molecule has 0 aliphatic heterocycles. The van der Waals surface area contributed by atoms with Crippen LogP contribution in [-0.2, 0) is 10.1 Å². The number of aromatic nitrogens is 1. The fourth-order valence-electron chi connectivity index (χ4n) is 2.05. The predicted molar refractivity (Wildman–Crippen MR) is 77.7 cm³/mol. The van der Waals surface area contributed by atoms with Crippen LogP contribution in [0.4, 0.5) is 0 Å². The van der Waals surface area contributed by atoms with Gasteiger partial charge >= 0.3 is 0 Å². The van der Waals surface area contributed by atoms with E-state index in [1.54, 1.807) is 6.07 Å². The number of hydrogen-bond acceptors (Lipinski definition) is 5. The first-order valence-corrected chi connectivity index (χ1v) is 7.55. The Morgan fingerprint density at radius 3 is 2.41 bits per heavy atom. The molecular weight excluding hydrogens is 308 g/mol. The molecule has 0 atom stereocenters. The highest BCUT2D eigenvalue weighted by Gasteiger charge is 2.18. The lowest BCUT2D eigenvalue weighted by Crippen LogP contribution is -2.23. The second-order valence-electron chi connectivity index (χ2n) is 4.67. The molecule has 1 heterocycles. The molecule has 0 unspecified atom stereocenters. The second-order valence-corrected chi connectivity index (χ2v) is 6.09. The van der Waals surface area contributed by atoms with E-state index in [2.05, 4.69) is 0 Å². The summed E-state index contributed by atoms with van der Waals surface area (Å²) in [6, 6.07) is 6.65. The zero-order valence-electron chi connectivity index (χ0n) is 11.7. The van der Waals surface area contributed by atoms with Crippen LogP contribution in [0.25, 0.3) is 5.69 Å². The van der Waals surface area contributed by atoms with Gasteiger partial charge in [0.1, 0.15) is 11.6 Å². The molecule has 8 heteroatoms. The van der Waals surface area contributed by atoms with E-state index in [4.69, 9.17) is 9.81 Å². The minimum absolute atomic E-state index is 0.0252. The number of benzene rings is 1. The molecule has 1 aromatic carbocycles. The van der Waals surface area contributed by atoms with Crippen molar-refractivity contribution in [3.63, 3.8) is 0 Å². The molecule has 2 aromatic rings. The molecule has 0 aliphatic carbocycles. The van der Waals surface area contributed by atoms with Crippen molar-refractivity contribution in [2.45, 2.75) is 18.7 Å². The monoisotopic (exact) mass is 320 g/mol. The summed E-state index contributed by atoms with van der Waals surface area (Å²) in [6.07, 6.45) is 0. The van der Waals surface area contributed by atoms with Crippen molar-refractivity contribution in [1.82, 2.24) is 4.57 Å². The molecule has 0 amide bonds. The number of hydrogen-bond donors (Lipinski definition) is 2. The van der Waals surface area contributed by atoms with Gasteiger partial charge in [-0.15, -0.1) is 0 Å². The van der Waals surface area contributed by atoms with Crippen molar-refractivity contribution >= 4 is 10.1 Å². The van der Waals surface area contributed by atoms with Crippen molar-refractivity contribution in [2.75, 3.05) is 0 Å². The molecule has 7 nitrogen and oxygen atoms in total. The van der Waals surface area contributed by atoms with Gasteiger partial charge in [-0.3, -0.25) is 9.35 Å². The second kappa shape index (κ2) is 5.29. The molecule has 2 rings (SSSR count). The van der Waals surface area contributed by atoms with E-state index in [0.29, 0.717) is 11.1 Å². The molecule has 0 radical (unpaired) electrons. The smallest absolute Gasteiger partial charge is 0.294 e. The first-order valence-electron chi connectivity index (χ1n) is 6.11. The largest absolute Gasteiger partial charge is 0.494 e. The third-order valence-electron chi connectivity index (χ3n) is 3.39. The predicted octanol–water partition coefficient (Wildman–Crippen LogP) is 1.28. The van der Waals surface area contributed by atoms with Gasteiger partial charge < -0.3 is 5.11 Å². The zero-order valence-corrected chi connectivity index (χ0v) is 12.5. The molecular formula is C14H12N2O5S. The van der Waals surface area contributed by atoms with Gasteiger partial charge in [0.05, 0.1) is 10.6 Å². The Morgan fingerprint density at radius 1 is 1.23 bits per heavy atom. The summed E-state index contributed by atoms with van der Waals surface area (Å²) in [5.74, 6) is -0.394. The van der Waals surface area contributed by atoms with Crippen LogP contribution in [0.15, 0.2) is 34.0 Å². The Balaban J connectivity index is 2.89. The van der Waals surface area contributed by atoms with Crippen LogP contribution in [0.5, 0.6) is 5.88 Å². The topological polar surface area (TPSA) is 120 Å². The highest BCUT2D eigenvalue weighted by atomic mass is 32.2. The third-order valence-corrected chi connectivity index (χ3v) is 4.24. The van der Waals surface area contributed by atoms with E-state index < -0.39 is 26.5 Å². The van der Waals surface area contributed by atoms with Crippen LogP contribution in [-0.4, -0.2) is 22.6 Å². The minimum atomic E-state index is -4.46. The maximum Gasteiger partial charge on any atom is 0.294 e. The molecule has 2 N–H and O–H groups in total. The number of pyridine rings is 1. The van der Waals surface area contributed by atoms with E-state index in [9.17, 15) is 18.3 Å². The summed E-state index contributed by atoms with van der Waals surface area (Å²) in [6.45, 7) is 3.07. The normalized spacial score (nSPS) is 11.2. The zero-order chi connectivity index (χ0) is 16.7. The number of rotatable bonds is 2. The van der Waals surface area contributed by atoms with Gasteiger partial charge in [-0.05, 0) is 37.6 Å². The van der Waals surface area contributed by atoms with Gasteiger partial charge in [0.2, 0.25) is 5.88 Å². The average molecular weight is 320 g/mol. The highest BCUT2D eigenvalue weighted by Crippen LogP contribution is 2.24. The van der Waals surface area contributed by atoms with Gasteiger partial charge in [-0.2, -0.15) is 13.7 Å². The Bertz CT molecular complexity index is 968. The summed E-state index contributed by atoms with van der Waals surface area (Å²) in [7, 11) is -4.46. The quantitative estimate of drug-likeness (QED) is 0.804. The molecule has 0 bridgehead atoms. The first-order chi connectivity index (χ1) is 10.2. The summed E-state index contributed by atoms with van der Waals surface area (Å²) in [4.78, 5) is 11.9. The Kier molecular flexibility index (Phi) is 3.79. The molecule has 0 fully saturated rings. The number of aromatic hydroxyl groups is 1. The molecule has 0 saturated carbocycles. The van der Waals surface area contributed by atoms with Crippen LogP contribution in [0, 0.1) is 25.2 Å². The fraction of sp³-hybridized carbons (Fsp3) is 0.143. The van der Waals surface area contributed by atoms with E-state index >= 15 is 0 Å². The maximum absolute atomic E-state index is 12.3. The molecule has 0 spiro atoms. The molecule has 1 aromatic heterocycles. The summed E-state index contributed by atoms with van der Waals surface area (Å²) < 4.78 is 32.3. The van der Waals surface area contributed by atoms with E-state index in [-0.39, 0.29) is 11.3 Å². The van der Waals surface area contributed by atoms with Gasteiger partial charge in [0.25, 0.3) is 15.7 Å². The van der Waals surface area contributed by atoms with Crippen molar-refractivity contribution in [1.29, 1.82) is 5.26 Å². The van der Waals surface area contributed by atoms with Crippen LogP contribution < -0.4 is 5.56 Å². The lowest BCUT2D eigenvalue weighted by molar-refractivity contribution is 0.429. The third kappa shape index (κ3) is 2.47. The lowest BCUT2D eigenvalue weighted by atomic mass is 10.1. The highest BCUT2D eigenvalue weighted by molar-refractivity contribution is 7.85. The van der Waals surface area contributed by atoms with Gasteiger partial charge in [-0.25, -0.2) is 4.57 Å². The molecule has 0 aliphatic rings. The van der Waals surface area contributed by atoms with Crippen molar-refractivity contribution in [3.05, 3.63) is 51.3 Å². The summed E-state index contributed by atoms with van der Waals surface area (Å²) in [5, 5.41) is 19.3. The molecule has 114 valence electrons. The van der Waals surface area contributed by atoms with Crippen LogP contribution >= 0.6 is 0 Å². The van der Waals surface area contributed by atoms with Crippen LogP contribution in [0.3, 0.4) is 0 Å². The standard InChI is InChI=1S/C14H12N2O5S/c1-8-9(2)13(17)16(14(18)12(8)7-15)10-4-3-5-11(6-10)22(19,20)21/h3-6,17H,1-2H3,(H,19,20,21). The van der Waals surface area contributed by atoms with E-state index in [0.717, 1.165) is 16.7 Å². The summed E-state index contributed by atoms with van der Waals surface area (Å²) >= 11 is 0. The Hall–Kier alpha value is -2.63. The Labute approximate surface area is 126 Å². The molecule has 0 saturated heterocycles. The average Bonchev–Trinajstić information content (AvgIpc) is 2.45. The van der Waals surface area contributed by atoms with E-state index in [1.165, 1.54) is 26.0 Å². The van der Waals surface area contributed by atoms with Crippen LogP contribution in [0.1, 0.15) is 16.7 Å². The number of nitrogens with zero attached hydrogens (tertiary/aromatic N) is 2. The minimum Gasteiger partial charge on any atom is -0.494 e. The van der Waals surface area contributed by atoms with Gasteiger partial charge in [-0.1, -0.05) is 6.07 Å². The van der Waals surface area contributed by atoms with Crippen LogP contribution in [0.2, 0.25) is 0 Å².